The molecule has 6 N–H and O–H groups in total. The van der Waals surface area contributed by atoms with Crippen LogP contribution in [-0.4, -0.2) is 43.1 Å². The molecular weight excluding hydrogens is 410 g/mol. The van der Waals surface area contributed by atoms with E-state index < -0.39 is 35.0 Å². The van der Waals surface area contributed by atoms with E-state index in [-0.39, 0.29) is 22.5 Å². The predicted octanol–water partition coefficient (Wildman–Crippen LogP) is 2.76. The minimum Gasteiger partial charge on any atom is -0.510 e. The molecule has 0 aliphatic carbocycles. The summed E-state index contributed by atoms with van der Waals surface area (Å²) in [6.07, 6.45) is 0. The number of carbonyl (C=O) groups is 3. The number of carbonyl (C=O) groups excluding carboxylic acids is 1. The average molecular weight is 425 g/mol. The number of aromatic nitrogens is 2. The van der Waals surface area contributed by atoms with Crippen molar-refractivity contribution in [3.05, 3.63) is 69.5 Å². The minimum atomic E-state index is -1.38. The van der Waals surface area contributed by atoms with Crippen molar-refractivity contribution < 1.29 is 29.7 Å². The molecule has 0 spiro atoms. The van der Waals surface area contributed by atoms with Crippen LogP contribution in [0.4, 0.5) is 11.4 Å². The van der Waals surface area contributed by atoms with Crippen molar-refractivity contribution in [3.8, 4) is 0 Å². The molecule has 12 nitrogen and oxygen atoms in total. The normalized spacial score (nSPS) is 12.0. The van der Waals surface area contributed by atoms with E-state index in [1.165, 1.54) is 19.1 Å². The molecule has 0 radical (unpaired) electrons. The maximum Gasteiger partial charge on any atom is 0.337 e. The van der Waals surface area contributed by atoms with Gasteiger partial charge in [-0.05, 0) is 43.3 Å². The van der Waals surface area contributed by atoms with Crippen LogP contribution in [0.15, 0.2) is 62.9 Å². The second-order valence-corrected chi connectivity index (χ2v) is 6.27. The number of benzene rings is 2. The van der Waals surface area contributed by atoms with Gasteiger partial charge in [0.25, 0.3) is 5.91 Å². The van der Waals surface area contributed by atoms with Gasteiger partial charge in [0.05, 0.1) is 22.2 Å². The quantitative estimate of drug-likeness (QED) is 0.198. The molecule has 158 valence electrons. The Kier molecular flexibility index (Phi) is 5.63. The SMILES string of the molecule is C/C(O)=C(\N=Nc1cc(C(=O)O)ccc1C(=O)O)C(=O)Nc1ccc2[nH]c(=O)[nH]c2c1. The Morgan fingerprint density at radius 2 is 1.65 bits per heavy atom. The maximum absolute atomic E-state index is 12.5. The third-order valence-electron chi connectivity index (χ3n) is 4.06. The number of allylic oxidation sites excluding steroid dienone is 1. The number of aliphatic hydroxyl groups is 1. The molecular formula is C19H15N5O7. The number of hydrogen-bond donors (Lipinski definition) is 6. The molecule has 2 aromatic carbocycles. The van der Waals surface area contributed by atoms with Gasteiger partial charge in [-0.3, -0.25) is 4.79 Å². The number of anilines is 1. The number of nitrogens with one attached hydrogen (secondary N) is 3. The van der Waals surface area contributed by atoms with E-state index in [9.17, 15) is 29.4 Å². The molecule has 0 atom stereocenters. The van der Waals surface area contributed by atoms with Crippen LogP contribution in [0.2, 0.25) is 0 Å². The summed E-state index contributed by atoms with van der Waals surface area (Å²) in [5, 5.41) is 37.9. The Balaban J connectivity index is 1.91. The topological polar surface area (TPSA) is 197 Å². The smallest absolute Gasteiger partial charge is 0.337 e. The highest BCUT2D eigenvalue weighted by Crippen LogP contribution is 2.24. The molecule has 3 rings (SSSR count). The fraction of sp³-hybridized carbons (Fsp3) is 0.0526. The number of aromatic amines is 2. The van der Waals surface area contributed by atoms with Crippen molar-refractivity contribution >= 4 is 40.3 Å². The summed E-state index contributed by atoms with van der Waals surface area (Å²) in [6, 6.07) is 7.65. The molecule has 1 amide bonds. The zero-order valence-corrected chi connectivity index (χ0v) is 15.8. The van der Waals surface area contributed by atoms with Crippen LogP contribution >= 0.6 is 0 Å². The first-order chi connectivity index (χ1) is 14.7. The number of azo groups is 1. The molecule has 0 saturated carbocycles. The second-order valence-electron chi connectivity index (χ2n) is 6.27. The lowest BCUT2D eigenvalue weighted by molar-refractivity contribution is -0.113. The fourth-order valence-corrected chi connectivity index (χ4v) is 2.61. The number of aromatic carboxylic acids is 2. The first kappa shape index (κ1) is 21.0. The third-order valence-corrected chi connectivity index (χ3v) is 4.06. The van der Waals surface area contributed by atoms with Gasteiger partial charge in [0.1, 0.15) is 11.4 Å². The number of imidazole rings is 1. The lowest BCUT2D eigenvalue weighted by Crippen LogP contribution is -2.14. The summed E-state index contributed by atoms with van der Waals surface area (Å²) in [7, 11) is 0. The number of nitrogens with zero attached hydrogens (tertiary/aromatic N) is 2. The molecule has 0 unspecified atom stereocenters. The van der Waals surface area contributed by atoms with E-state index in [1.54, 1.807) is 6.07 Å². The molecule has 0 bridgehead atoms. The summed E-state index contributed by atoms with van der Waals surface area (Å²) in [5.41, 5.74) is -0.597. The van der Waals surface area contributed by atoms with Crippen molar-refractivity contribution in [2.24, 2.45) is 10.2 Å². The van der Waals surface area contributed by atoms with Crippen molar-refractivity contribution in [2.45, 2.75) is 6.92 Å². The van der Waals surface area contributed by atoms with Gasteiger partial charge in [0.2, 0.25) is 0 Å². The highest BCUT2D eigenvalue weighted by Gasteiger charge is 2.17. The van der Waals surface area contributed by atoms with E-state index in [0.29, 0.717) is 11.0 Å². The molecule has 3 aromatic rings. The van der Waals surface area contributed by atoms with Crippen LogP contribution in [0.25, 0.3) is 11.0 Å². The van der Waals surface area contributed by atoms with Gasteiger partial charge < -0.3 is 30.6 Å². The van der Waals surface area contributed by atoms with Crippen LogP contribution in [0, 0.1) is 0 Å². The van der Waals surface area contributed by atoms with Gasteiger partial charge in [-0.25, -0.2) is 14.4 Å². The Morgan fingerprint density at radius 3 is 2.29 bits per heavy atom. The van der Waals surface area contributed by atoms with Crippen LogP contribution in [0.5, 0.6) is 0 Å². The van der Waals surface area contributed by atoms with Crippen LogP contribution < -0.4 is 11.0 Å². The number of carboxylic acids is 2. The van der Waals surface area contributed by atoms with Gasteiger partial charge in [-0.2, -0.15) is 0 Å². The zero-order chi connectivity index (χ0) is 22.7. The van der Waals surface area contributed by atoms with Gasteiger partial charge in [-0.1, -0.05) is 0 Å². The predicted molar refractivity (Wildman–Crippen MR) is 108 cm³/mol. The number of rotatable bonds is 6. The summed E-state index contributed by atoms with van der Waals surface area (Å²) in [5.74, 6) is -4.07. The first-order valence-corrected chi connectivity index (χ1v) is 8.61. The molecule has 0 fully saturated rings. The Morgan fingerprint density at radius 1 is 0.935 bits per heavy atom. The zero-order valence-electron chi connectivity index (χ0n) is 15.8. The molecule has 1 aromatic heterocycles. The number of H-pyrrole nitrogens is 2. The number of carboxylic acid groups (broad SMARTS) is 2. The Labute approximate surface area is 172 Å². The summed E-state index contributed by atoms with van der Waals surface area (Å²) in [4.78, 5) is 51.4. The van der Waals surface area contributed by atoms with E-state index in [2.05, 4.69) is 25.5 Å². The number of amides is 1. The van der Waals surface area contributed by atoms with E-state index >= 15 is 0 Å². The van der Waals surface area contributed by atoms with Crippen LogP contribution in [0.3, 0.4) is 0 Å². The lowest BCUT2D eigenvalue weighted by atomic mass is 10.1. The standard InChI is InChI=1S/C19H15N5O7/c1-8(25)15(16(26)20-10-3-5-12-14(7-10)22-19(31)21-12)24-23-13-6-9(17(27)28)2-4-11(13)18(29)30/h2-7,25H,1H3,(H,20,26)(H,27,28)(H,29,30)(H2,21,22,31)/b15-8+,24-23?. The number of hydrogen-bond acceptors (Lipinski definition) is 7. The van der Waals surface area contributed by atoms with Gasteiger partial charge in [0.15, 0.2) is 5.70 Å². The highest BCUT2D eigenvalue weighted by atomic mass is 16.4. The minimum absolute atomic E-state index is 0.233. The molecule has 31 heavy (non-hydrogen) atoms. The van der Waals surface area contributed by atoms with Gasteiger partial charge >= 0.3 is 17.6 Å². The summed E-state index contributed by atoms with van der Waals surface area (Å²) in [6.45, 7) is 1.17. The molecule has 0 saturated heterocycles. The molecule has 12 heteroatoms. The number of fused-ring (bicyclic) bond motifs is 1. The van der Waals surface area contributed by atoms with Crippen molar-refractivity contribution in [3.63, 3.8) is 0 Å². The van der Waals surface area contributed by atoms with Crippen molar-refractivity contribution in [1.29, 1.82) is 0 Å². The summed E-state index contributed by atoms with van der Waals surface area (Å²) >= 11 is 0. The van der Waals surface area contributed by atoms with Crippen molar-refractivity contribution in [1.82, 2.24) is 9.97 Å². The Hall–Kier alpha value is -4.74. The Bertz CT molecular complexity index is 1330. The largest absolute Gasteiger partial charge is 0.510 e. The monoisotopic (exact) mass is 425 g/mol. The summed E-state index contributed by atoms with van der Waals surface area (Å²) < 4.78 is 0. The molecule has 0 aliphatic rings. The highest BCUT2D eigenvalue weighted by molar-refractivity contribution is 6.04. The van der Waals surface area contributed by atoms with Crippen molar-refractivity contribution in [2.75, 3.05) is 5.32 Å². The van der Waals surface area contributed by atoms with E-state index in [1.807, 2.05) is 0 Å². The number of aliphatic hydroxyl groups excluding tert-OH is 1. The molecule has 1 heterocycles. The second kappa shape index (κ2) is 8.32. The average Bonchev–Trinajstić information content (AvgIpc) is 3.06. The van der Waals surface area contributed by atoms with Gasteiger partial charge in [0, 0.05) is 5.69 Å². The van der Waals surface area contributed by atoms with Gasteiger partial charge in [-0.15, -0.1) is 10.2 Å². The lowest BCUT2D eigenvalue weighted by Gasteiger charge is -2.06. The maximum atomic E-state index is 12.5. The first-order valence-electron chi connectivity index (χ1n) is 8.61. The molecule has 0 aliphatic heterocycles. The van der Waals surface area contributed by atoms with Crippen LogP contribution in [-0.2, 0) is 4.79 Å². The van der Waals surface area contributed by atoms with E-state index in [4.69, 9.17) is 5.11 Å². The van der Waals surface area contributed by atoms with Crippen LogP contribution in [0.1, 0.15) is 27.6 Å². The third kappa shape index (κ3) is 4.64. The fourth-order valence-electron chi connectivity index (χ4n) is 2.61. The van der Waals surface area contributed by atoms with E-state index in [0.717, 1.165) is 18.2 Å².